The van der Waals surface area contributed by atoms with Gasteiger partial charge in [-0.2, -0.15) is 0 Å². The average Bonchev–Trinajstić information content (AvgIpc) is 2.76. The standard InChI is InChI=1S/C15H28BN2O2/c1-5-7-8-9-10-18-12-11-17(4)15(18)16-13(3)14(19)20-6-2/h11-13,16H,5-10H2,1-4H3/q+1. The van der Waals surface area contributed by atoms with Crippen molar-refractivity contribution in [3.05, 3.63) is 12.4 Å². The fourth-order valence-corrected chi connectivity index (χ4v) is 2.37. The maximum absolute atomic E-state index is 11.8. The van der Waals surface area contributed by atoms with Crippen molar-refractivity contribution in [2.24, 2.45) is 7.05 Å². The number of unbranched alkanes of at least 4 members (excludes halogenated alkanes) is 3. The Morgan fingerprint density at radius 3 is 2.80 bits per heavy atom. The van der Waals surface area contributed by atoms with Crippen LogP contribution in [0.15, 0.2) is 12.4 Å². The van der Waals surface area contributed by atoms with Gasteiger partial charge in [-0.05, 0) is 19.8 Å². The lowest BCUT2D eigenvalue weighted by Gasteiger charge is -2.08. The molecule has 1 aromatic rings. The maximum Gasteiger partial charge on any atom is 0.301 e. The van der Waals surface area contributed by atoms with Gasteiger partial charge in [-0.25, -0.2) is 9.13 Å². The Bertz CT molecular complexity index is 418. The van der Waals surface area contributed by atoms with E-state index in [2.05, 4.69) is 28.5 Å². The van der Waals surface area contributed by atoms with Crippen LogP contribution < -0.4 is 10.3 Å². The molecule has 1 rings (SSSR count). The van der Waals surface area contributed by atoms with Gasteiger partial charge in [-0.1, -0.05) is 26.7 Å². The average molecular weight is 279 g/mol. The number of carbonyl (C=O) groups excluding carboxylic acids is 1. The van der Waals surface area contributed by atoms with Crippen molar-refractivity contribution in [3.8, 4) is 0 Å². The van der Waals surface area contributed by atoms with Gasteiger partial charge < -0.3 is 4.74 Å². The monoisotopic (exact) mass is 279 g/mol. The van der Waals surface area contributed by atoms with Gasteiger partial charge in [-0.3, -0.25) is 4.79 Å². The molecule has 112 valence electrons. The fraction of sp³-hybridized carbons (Fsp3) is 0.733. The predicted molar refractivity (Wildman–Crippen MR) is 82.6 cm³/mol. The molecule has 0 radical (unpaired) electrons. The van der Waals surface area contributed by atoms with Crippen molar-refractivity contribution in [2.75, 3.05) is 6.61 Å². The van der Waals surface area contributed by atoms with E-state index in [0.717, 1.165) is 13.8 Å². The first kappa shape index (κ1) is 16.8. The summed E-state index contributed by atoms with van der Waals surface area (Å²) in [6.45, 7) is 7.49. The highest BCUT2D eigenvalue weighted by Gasteiger charge is 2.25. The minimum Gasteiger partial charge on any atom is -0.466 e. The van der Waals surface area contributed by atoms with E-state index >= 15 is 0 Å². The van der Waals surface area contributed by atoms with E-state index in [0.29, 0.717) is 6.61 Å². The summed E-state index contributed by atoms with van der Waals surface area (Å²) in [6, 6.07) is 0. The number of rotatable bonds is 9. The Hall–Kier alpha value is -1.26. The van der Waals surface area contributed by atoms with Gasteiger partial charge in [0.05, 0.1) is 20.2 Å². The van der Waals surface area contributed by atoms with Gasteiger partial charge in [0, 0.05) is 5.82 Å². The van der Waals surface area contributed by atoms with Crippen LogP contribution >= 0.6 is 0 Å². The van der Waals surface area contributed by atoms with E-state index in [9.17, 15) is 4.79 Å². The van der Waals surface area contributed by atoms with Crippen molar-refractivity contribution in [3.63, 3.8) is 0 Å². The Kier molecular flexibility index (Phi) is 7.41. The molecular weight excluding hydrogens is 251 g/mol. The summed E-state index contributed by atoms with van der Waals surface area (Å²) in [5, 5.41) is 0. The van der Waals surface area contributed by atoms with Crippen LogP contribution in [0.3, 0.4) is 0 Å². The van der Waals surface area contributed by atoms with Crippen molar-refractivity contribution < 1.29 is 14.1 Å². The number of aromatic nitrogens is 2. The van der Waals surface area contributed by atoms with E-state index in [1.165, 1.54) is 31.4 Å². The normalized spacial score (nSPS) is 12.2. The Labute approximate surface area is 123 Å². The van der Waals surface area contributed by atoms with E-state index in [-0.39, 0.29) is 11.8 Å². The number of nitrogens with zero attached hydrogens (tertiary/aromatic N) is 2. The topological polar surface area (TPSA) is 35.1 Å². The second-order valence-electron chi connectivity index (χ2n) is 5.44. The molecule has 4 nitrogen and oxygen atoms in total. The molecule has 0 saturated heterocycles. The minimum atomic E-state index is -0.105. The molecule has 0 spiro atoms. The first-order valence-corrected chi connectivity index (χ1v) is 7.80. The predicted octanol–water partition coefficient (Wildman–Crippen LogP) is 1.33. The summed E-state index contributed by atoms with van der Waals surface area (Å²) in [4.78, 5) is 11.8. The number of hydrogen-bond donors (Lipinski definition) is 0. The number of hydrogen-bond acceptors (Lipinski definition) is 2. The number of ether oxygens (including phenoxy) is 1. The Morgan fingerprint density at radius 2 is 2.15 bits per heavy atom. The first-order chi connectivity index (χ1) is 9.60. The molecule has 0 aliphatic rings. The molecule has 1 heterocycles. The van der Waals surface area contributed by atoms with Gasteiger partial charge in [-0.15, -0.1) is 0 Å². The van der Waals surface area contributed by atoms with Gasteiger partial charge in [0.1, 0.15) is 12.4 Å². The van der Waals surface area contributed by atoms with E-state index in [4.69, 9.17) is 4.74 Å². The molecule has 1 unspecified atom stereocenters. The highest BCUT2D eigenvalue weighted by molar-refractivity contribution is 6.56. The molecule has 1 aromatic heterocycles. The highest BCUT2D eigenvalue weighted by atomic mass is 16.5. The summed E-state index contributed by atoms with van der Waals surface area (Å²) in [5.74, 6) is -0.198. The summed E-state index contributed by atoms with van der Waals surface area (Å²) < 4.78 is 9.46. The summed E-state index contributed by atoms with van der Waals surface area (Å²) >= 11 is 0. The Balaban J connectivity index is 2.60. The first-order valence-electron chi connectivity index (χ1n) is 7.80. The molecule has 5 heteroatoms. The summed E-state index contributed by atoms with van der Waals surface area (Å²) in [7, 11) is 2.77. The van der Waals surface area contributed by atoms with Crippen LogP contribution in [-0.4, -0.2) is 24.4 Å². The van der Waals surface area contributed by atoms with Gasteiger partial charge in [0.25, 0.3) is 7.28 Å². The zero-order chi connectivity index (χ0) is 15.0. The third kappa shape index (κ3) is 5.02. The second-order valence-corrected chi connectivity index (χ2v) is 5.44. The molecule has 0 N–H and O–H groups in total. The van der Waals surface area contributed by atoms with Gasteiger partial charge in [0.2, 0.25) is 0 Å². The van der Waals surface area contributed by atoms with Crippen LogP contribution in [0.1, 0.15) is 46.5 Å². The van der Waals surface area contributed by atoms with Crippen LogP contribution in [-0.2, 0) is 23.1 Å². The zero-order valence-corrected chi connectivity index (χ0v) is 13.4. The van der Waals surface area contributed by atoms with Crippen molar-refractivity contribution >= 4 is 19.0 Å². The maximum atomic E-state index is 11.8. The summed E-state index contributed by atoms with van der Waals surface area (Å²) in [5.41, 5.74) is 1.20. The molecule has 0 bridgehead atoms. The molecule has 0 amide bonds. The lowest BCUT2D eigenvalue weighted by molar-refractivity contribution is -0.679. The van der Waals surface area contributed by atoms with Crippen LogP contribution in [0.4, 0.5) is 0 Å². The molecule has 0 aromatic carbocycles. The molecule has 1 atom stereocenters. The fourth-order valence-electron chi connectivity index (χ4n) is 2.37. The van der Waals surface area contributed by atoms with Crippen molar-refractivity contribution in [1.82, 2.24) is 4.57 Å². The highest BCUT2D eigenvalue weighted by Crippen LogP contribution is 2.03. The molecule has 20 heavy (non-hydrogen) atoms. The molecular formula is C15H28BN2O2+. The van der Waals surface area contributed by atoms with Crippen LogP contribution in [0.25, 0.3) is 0 Å². The van der Waals surface area contributed by atoms with Crippen LogP contribution in [0.2, 0.25) is 5.82 Å². The Morgan fingerprint density at radius 1 is 1.40 bits per heavy atom. The third-order valence-electron chi connectivity index (χ3n) is 3.64. The lowest BCUT2D eigenvalue weighted by atomic mass is 9.64. The van der Waals surface area contributed by atoms with Crippen LogP contribution in [0, 0.1) is 0 Å². The minimum absolute atomic E-state index is 0.0922. The number of imidazole rings is 1. The van der Waals surface area contributed by atoms with E-state index in [1.54, 1.807) is 0 Å². The SMILES string of the molecule is CCCCCC[n+]1ccn(C)c1BC(C)C(=O)OCC. The smallest absolute Gasteiger partial charge is 0.301 e. The number of carbonyl (C=O) groups is 1. The third-order valence-corrected chi connectivity index (χ3v) is 3.64. The molecule has 0 aliphatic heterocycles. The summed E-state index contributed by atoms with van der Waals surface area (Å²) in [6.07, 6.45) is 9.19. The van der Waals surface area contributed by atoms with Crippen LogP contribution in [0.5, 0.6) is 0 Å². The van der Waals surface area contributed by atoms with Crippen molar-refractivity contribution in [1.29, 1.82) is 0 Å². The largest absolute Gasteiger partial charge is 0.466 e. The number of esters is 1. The zero-order valence-electron chi connectivity index (χ0n) is 13.4. The molecule has 0 saturated carbocycles. The lowest BCUT2D eigenvalue weighted by Crippen LogP contribution is -2.53. The van der Waals surface area contributed by atoms with E-state index in [1.807, 2.05) is 20.9 Å². The van der Waals surface area contributed by atoms with Gasteiger partial charge in [0.15, 0.2) is 5.72 Å². The second kappa shape index (κ2) is 8.82. The molecule has 0 aliphatic carbocycles. The van der Waals surface area contributed by atoms with E-state index < -0.39 is 0 Å². The van der Waals surface area contributed by atoms with Crippen molar-refractivity contribution in [2.45, 2.75) is 58.8 Å². The van der Waals surface area contributed by atoms with Gasteiger partial charge >= 0.3 is 5.97 Å². The molecule has 0 fully saturated rings. The number of aryl methyl sites for hydroxylation is 2. The quantitative estimate of drug-likeness (QED) is 0.296.